The maximum absolute atomic E-state index is 12.3. The molecule has 24 heavy (non-hydrogen) atoms. The minimum absolute atomic E-state index is 0.0669. The van der Waals surface area contributed by atoms with Crippen molar-refractivity contribution in [2.45, 2.75) is 0 Å². The summed E-state index contributed by atoms with van der Waals surface area (Å²) < 4.78 is 0.141. The molecule has 1 aliphatic rings. The molecule has 0 aromatic heterocycles. The molecule has 0 radical (unpaired) electrons. The van der Waals surface area contributed by atoms with Gasteiger partial charge in [-0.1, -0.05) is 24.0 Å². The lowest BCUT2D eigenvalue weighted by atomic mass is 10.2. The fourth-order valence-electron chi connectivity index (χ4n) is 1.71. The van der Waals surface area contributed by atoms with Gasteiger partial charge in [-0.3, -0.25) is 24.6 Å². The van der Waals surface area contributed by atoms with E-state index < -0.39 is 22.3 Å². The summed E-state index contributed by atoms with van der Waals surface area (Å²) in [5.74, 6) is -1.48. The first-order valence-corrected chi connectivity index (χ1v) is 7.49. The number of primary amides is 1. The van der Waals surface area contributed by atoms with Crippen molar-refractivity contribution in [2.75, 3.05) is 0 Å². The number of nitro groups is 1. The molecule has 1 aromatic rings. The summed E-state index contributed by atoms with van der Waals surface area (Å²) in [6.45, 7) is 0. The summed E-state index contributed by atoms with van der Waals surface area (Å²) in [5.41, 5.74) is 5.13. The van der Waals surface area contributed by atoms with Crippen LogP contribution in [-0.2, 0) is 9.59 Å². The number of nitrogens with two attached hydrogens (primary N) is 1. The number of thiocarbonyl (C=S) groups is 1. The topological polar surface area (TPSA) is 130 Å². The number of nitrogens with zero attached hydrogens (tertiary/aromatic N) is 3. The van der Waals surface area contributed by atoms with Crippen molar-refractivity contribution >= 4 is 51.9 Å². The molecule has 2 N–H and O–H groups in total. The van der Waals surface area contributed by atoms with Gasteiger partial charge in [-0.05, 0) is 23.8 Å². The fraction of sp³-hybridized carbons (Fsp3) is 0. The van der Waals surface area contributed by atoms with E-state index in [0.29, 0.717) is 5.56 Å². The molecule has 2 rings (SSSR count). The van der Waals surface area contributed by atoms with Gasteiger partial charge in [-0.2, -0.15) is 5.26 Å². The third-order valence-corrected chi connectivity index (χ3v) is 4.20. The number of hydrogen-bond acceptors (Lipinski definition) is 7. The fourth-order valence-corrected chi connectivity index (χ4v) is 2.92. The van der Waals surface area contributed by atoms with E-state index in [2.05, 4.69) is 0 Å². The van der Waals surface area contributed by atoms with E-state index in [1.54, 1.807) is 6.07 Å². The number of amides is 2. The Kier molecular flexibility index (Phi) is 5.08. The summed E-state index contributed by atoms with van der Waals surface area (Å²) in [5, 5.41) is 19.4. The highest BCUT2D eigenvalue weighted by Crippen LogP contribution is 2.33. The van der Waals surface area contributed by atoms with E-state index in [1.807, 2.05) is 0 Å². The molecule has 0 bridgehead atoms. The number of non-ortho nitro benzene ring substituents is 1. The number of benzene rings is 1. The van der Waals surface area contributed by atoms with Gasteiger partial charge in [0.25, 0.3) is 17.5 Å². The molecule has 0 aliphatic carbocycles. The second-order valence-corrected chi connectivity index (χ2v) is 6.09. The molecule has 0 atom stereocenters. The van der Waals surface area contributed by atoms with Crippen LogP contribution < -0.4 is 5.73 Å². The Morgan fingerprint density at radius 3 is 2.54 bits per heavy atom. The summed E-state index contributed by atoms with van der Waals surface area (Å²) in [7, 11) is 0. The molecular weight excluding hydrogens is 352 g/mol. The zero-order valence-electron chi connectivity index (χ0n) is 11.8. The van der Waals surface area contributed by atoms with E-state index in [9.17, 15) is 19.7 Å². The quantitative estimate of drug-likeness (QED) is 0.284. The van der Waals surface area contributed by atoms with Gasteiger partial charge >= 0.3 is 0 Å². The molecule has 8 nitrogen and oxygen atoms in total. The molecule has 2 amide bonds. The van der Waals surface area contributed by atoms with Crippen LogP contribution in [0.3, 0.4) is 0 Å². The second kappa shape index (κ2) is 7.03. The van der Waals surface area contributed by atoms with Gasteiger partial charge < -0.3 is 5.73 Å². The lowest BCUT2D eigenvalue weighted by Crippen LogP contribution is -2.24. The standard InChI is InChI=1S/C14H8N4O4S2/c15-6-9(12(16)19)7-17-13(20)11(24-14(17)23)5-8-1-3-10(4-2-8)18(21)22/h1-5,7H,(H2,16,19)/b9-7+,11-5-. The van der Waals surface area contributed by atoms with Crippen LogP contribution in [0.25, 0.3) is 6.08 Å². The third-order valence-electron chi connectivity index (χ3n) is 2.87. The zero-order chi connectivity index (χ0) is 17.9. The second-order valence-electron chi connectivity index (χ2n) is 4.42. The highest BCUT2D eigenvalue weighted by Gasteiger charge is 2.31. The maximum atomic E-state index is 12.3. The summed E-state index contributed by atoms with van der Waals surface area (Å²) >= 11 is 6.03. The molecule has 1 fully saturated rings. The minimum Gasteiger partial charge on any atom is -0.365 e. The number of nitriles is 1. The van der Waals surface area contributed by atoms with Gasteiger partial charge in [-0.25, -0.2) is 0 Å². The van der Waals surface area contributed by atoms with Crippen molar-refractivity contribution in [3.63, 3.8) is 0 Å². The van der Waals surface area contributed by atoms with Gasteiger partial charge in [0.15, 0.2) is 4.32 Å². The molecule has 1 aliphatic heterocycles. The van der Waals surface area contributed by atoms with Crippen LogP contribution in [0.15, 0.2) is 40.9 Å². The van der Waals surface area contributed by atoms with Gasteiger partial charge in [0.05, 0.1) is 9.83 Å². The number of carbonyl (C=O) groups excluding carboxylic acids is 2. The third kappa shape index (κ3) is 3.65. The molecule has 10 heteroatoms. The van der Waals surface area contributed by atoms with E-state index in [0.717, 1.165) is 22.9 Å². The number of nitro benzene ring substituents is 1. The van der Waals surface area contributed by atoms with E-state index in [1.165, 1.54) is 30.3 Å². The number of carbonyl (C=O) groups is 2. The van der Waals surface area contributed by atoms with Gasteiger partial charge in [0.1, 0.15) is 11.6 Å². The predicted octanol–water partition coefficient (Wildman–Crippen LogP) is 1.69. The van der Waals surface area contributed by atoms with Crippen molar-refractivity contribution in [3.05, 3.63) is 56.6 Å². The van der Waals surface area contributed by atoms with E-state index in [-0.39, 0.29) is 14.9 Å². The zero-order valence-corrected chi connectivity index (χ0v) is 13.5. The van der Waals surface area contributed by atoms with Crippen LogP contribution in [0, 0.1) is 21.4 Å². The van der Waals surface area contributed by atoms with E-state index in [4.69, 9.17) is 23.2 Å². The maximum Gasteiger partial charge on any atom is 0.270 e. The molecule has 0 saturated carbocycles. The lowest BCUT2D eigenvalue weighted by Gasteiger charge is -2.07. The first kappa shape index (κ1) is 17.3. The van der Waals surface area contributed by atoms with Gasteiger partial charge in [0, 0.05) is 18.3 Å². The molecule has 0 unspecified atom stereocenters. The number of hydrogen-bond donors (Lipinski definition) is 1. The van der Waals surface area contributed by atoms with Gasteiger partial charge in [0.2, 0.25) is 0 Å². The number of rotatable bonds is 4. The Morgan fingerprint density at radius 1 is 1.42 bits per heavy atom. The monoisotopic (exact) mass is 360 g/mol. The smallest absolute Gasteiger partial charge is 0.270 e. The summed E-state index contributed by atoms with van der Waals surface area (Å²) in [4.78, 5) is 34.7. The molecular formula is C14H8N4O4S2. The Morgan fingerprint density at radius 2 is 2.04 bits per heavy atom. The average Bonchev–Trinajstić information content (AvgIpc) is 2.79. The normalized spacial score (nSPS) is 16.4. The van der Waals surface area contributed by atoms with Crippen molar-refractivity contribution in [3.8, 4) is 6.07 Å². The largest absolute Gasteiger partial charge is 0.365 e. The van der Waals surface area contributed by atoms with Crippen LogP contribution >= 0.6 is 24.0 Å². The Hall–Kier alpha value is -3.03. The van der Waals surface area contributed by atoms with Crippen LogP contribution in [0.1, 0.15) is 5.56 Å². The average molecular weight is 360 g/mol. The Bertz CT molecular complexity index is 853. The minimum atomic E-state index is -0.967. The van der Waals surface area contributed by atoms with Crippen molar-refractivity contribution in [1.82, 2.24) is 4.90 Å². The molecule has 120 valence electrons. The van der Waals surface area contributed by atoms with Crippen molar-refractivity contribution in [2.24, 2.45) is 5.73 Å². The molecule has 1 heterocycles. The highest BCUT2D eigenvalue weighted by atomic mass is 32.2. The first-order valence-electron chi connectivity index (χ1n) is 6.26. The summed E-state index contributed by atoms with van der Waals surface area (Å²) in [6.07, 6.45) is 2.50. The Labute approximate surface area is 145 Å². The van der Waals surface area contributed by atoms with Crippen molar-refractivity contribution in [1.29, 1.82) is 5.26 Å². The Balaban J connectivity index is 2.29. The summed E-state index contributed by atoms with van der Waals surface area (Å²) in [6, 6.07) is 7.20. The molecule has 1 aromatic carbocycles. The predicted molar refractivity (Wildman–Crippen MR) is 91.0 cm³/mol. The van der Waals surface area contributed by atoms with Crippen LogP contribution in [-0.4, -0.2) is 26.0 Å². The lowest BCUT2D eigenvalue weighted by molar-refractivity contribution is -0.384. The van der Waals surface area contributed by atoms with Crippen LogP contribution in [0.4, 0.5) is 5.69 Å². The first-order chi connectivity index (χ1) is 11.3. The number of thioether (sulfide) groups is 1. The van der Waals surface area contributed by atoms with Crippen molar-refractivity contribution < 1.29 is 14.5 Å². The highest BCUT2D eigenvalue weighted by molar-refractivity contribution is 8.26. The SMILES string of the molecule is N#C/C(=C\N1C(=O)/C(=C/c2ccc([N+](=O)[O-])cc2)SC1=S)C(N)=O. The van der Waals surface area contributed by atoms with Gasteiger partial charge in [-0.15, -0.1) is 0 Å². The molecule has 0 spiro atoms. The van der Waals surface area contributed by atoms with E-state index >= 15 is 0 Å². The van der Waals surface area contributed by atoms with Crippen LogP contribution in [0.5, 0.6) is 0 Å². The van der Waals surface area contributed by atoms with Crippen LogP contribution in [0.2, 0.25) is 0 Å². The molecule has 1 saturated heterocycles.